The molecule has 134 valence electrons. The Kier molecular flexibility index (Phi) is 6.35. The predicted molar refractivity (Wildman–Crippen MR) is 96.9 cm³/mol. The van der Waals surface area contributed by atoms with Crippen LogP contribution < -0.4 is 20.1 Å². The SMILES string of the molecule is COc1cc(C)c(N[C@@H](C)C(=O)N[C@H]2CCCC[C@@H]2C)cc1OC. The minimum absolute atomic E-state index is 0.0444. The van der Waals surface area contributed by atoms with Crippen molar-refractivity contribution in [2.24, 2.45) is 5.92 Å². The van der Waals surface area contributed by atoms with Gasteiger partial charge in [0.1, 0.15) is 6.04 Å². The summed E-state index contributed by atoms with van der Waals surface area (Å²) in [5, 5.41) is 6.49. The van der Waals surface area contributed by atoms with Crippen molar-refractivity contribution in [3.63, 3.8) is 0 Å². The van der Waals surface area contributed by atoms with Gasteiger partial charge < -0.3 is 20.1 Å². The molecule has 0 aliphatic heterocycles. The molecule has 1 aromatic carbocycles. The van der Waals surface area contributed by atoms with E-state index in [-0.39, 0.29) is 11.9 Å². The van der Waals surface area contributed by atoms with Crippen LogP contribution in [0.5, 0.6) is 11.5 Å². The summed E-state index contributed by atoms with van der Waals surface area (Å²) in [7, 11) is 3.23. The standard InChI is InChI=1S/C19H30N2O3/c1-12-8-6-7-9-15(12)21-19(22)14(3)20-16-11-18(24-5)17(23-4)10-13(16)2/h10-12,14-15,20H,6-9H2,1-5H3,(H,21,22)/t12-,14-,15-/m0/s1. The number of ether oxygens (including phenoxy) is 2. The van der Waals surface area contributed by atoms with Crippen LogP contribution in [0.2, 0.25) is 0 Å². The molecule has 5 nitrogen and oxygen atoms in total. The monoisotopic (exact) mass is 334 g/mol. The van der Waals surface area contributed by atoms with Crippen LogP contribution in [0, 0.1) is 12.8 Å². The molecule has 1 saturated carbocycles. The van der Waals surface area contributed by atoms with E-state index in [1.807, 2.05) is 26.0 Å². The number of anilines is 1. The number of aryl methyl sites for hydroxylation is 1. The van der Waals surface area contributed by atoms with Crippen molar-refractivity contribution in [2.45, 2.75) is 58.5 Å². The van der Waals surface area contributed by atoms with Crippen LogP contribution in [0.1, 0.15) is 45.1 Å². The van der Waals surface area contributed by atoms with E-state index in [2.05, 4.69) is 17.6 Å². The van der Waals surface area contributed by atoms with E-state index in [0.29, 0.717) is 23.5 Å². The molecule has 0 spiro atoms. The first kappa shape index (κ1) is 18.4. The van der Waals surface area contributed by atoms with Crippen LogP contribution >= 0.6 is 0 Å². The number of benzene rings is 1. The van der Waals surface area contributed by atoms with Crippen molar-refractivity contribution in [1.82, 2.24) is 5.32 Å². The molecule has 24 heavy (non-hydrogen) atoms. The van der Waals surface area contributed by atoms with Crippen LogP contribution in [-0.4, -0.2) is 32.2 Å². The quantitative estimate of drug-likeness (QED) is 0.836. The summed E-state index contributed by atoms with van der Waals surface area (Å²) in [4.78, 5) is 12.5. The third-order valence-corrected chi connectivity index (χ3v) is 4.93. The van der Waals surface area contributed by atoms with Gasteiger partial charge in [0.2, 0.25) is 5.91 Å². The Morgan fingerprint density at radius 2 is 1.79 bits per heavy atom. The van der Waals surface area contributed by atoms with Gasteiger partial charge in [-0.15, -0.1) is 0 Å². The van der Waals surface area contributed by atoms with Crippen LogP contribution in [0.3, 0.4) is 0 Å². The highest BCUT2D eigenvalue weighted by atomic mass is 16.5. The lowest BCUT2D eigenvalue weighted by atomic mass is 9.86. The second-order valence-corrected chi connectivity index (χ2v) is 6.76. The highest BCUT2D eigenvalue weighted by Crippen LogP contribution is 2.33. The van der Waals surface area contributed by atoms with Gasteiger partial charge >= 0.3 is 0 Å². The fourth-order valence-corrected chi connectivity index (χ4v) is 3.27. The molecule has 2 rings (SSSR count). The Labute approximate surface area is 145 Å². The van der Waals surface area contributed by atoms with E-state index >= 15 is 0 Å². The van der Waals surface area contributed by atoms with Gasteiger partial charge in [-0.2, -0.15) is 0 Å². The number of amides is 1. The van der Waals surface area contributed by atoms with Crippen LogP contribution in [0.25, 0.3) is 0 Å². The molecule has 0 unspecified atom stereocenters. The van der Waals surface area contributed by atoms with Gasteiger partial charge in [0.25, 0.3) is 0 Å². The van der Waals surface area contributed by atoms with Crippen molar-refractivity contribution in [3.05, 3.63) is 17.7 Å². The number of hydrogen-bond acceptors (Lipinski definition) is 4. The van der Waals surface area contributed by atoms with Crippen molar-refractivity contribution >= 4 is 11.6 Å². The van der Waals surface area contributed by atoms with Gasteiger partial charge in [0.05, 0.1) is 14.2 Å². The number of hydrogen-bond donors (Lipinski definition) is 2. The Morgan fingerprint density at radius 3 is 2.42 bits per heavy atom. The second kappa shape index (κ2) is 8.27. The molecule has 1 aliphatic rings. The molecular formula is C19H30N2O3. The molecule has 0 radical (unpaired) electrons. The lowest BCUT2D eigenvalue weighted by Gasteiger charge is -2.30. The van der Waals surface area contributed by atoms with Gasteiger partial charge in [-0.1, -0.05) is 19.8 Å². The smallest absolute Gasteiger partial charge is 0.242 e. The highest BCUT2D eigenvalue weighted by Gasteiger charge is 2.25. The van der Waals surface area contributed by atoms with Crippen molar-refractivity contribution in [3.8, 4) is 11.5 Å². The molecule has 0 saturated heterocycles. The largest absolute Gasteiger partial charge is 0.493 e. The van der Waals surface area contributed by atoms with Crippen LogP contribution in [0.4, 0.5) is 5.69 Å². The van der Waals surface area contributed by atoms with Gasteiger partial charge in [-0.3, -0.25) is 4.79 Å². The van der Waals surface area contributed by atoms with E-state index < -0.39 is 0 Å². The Balaban J connectivity index is 2.03. The van der Waals surface area contributed by atoms with Gasteiger partial charge in [-0.05, 0) is 44.2 Å². The van der Waals surface area contributed by atoms with Crippen molar-refractivity contribution < 1.29 is 14.3 Å². The first-order valence-corrected chi connectivity index (χ1v) is 8.75. The molecule has 0 bridgehead atoms. The summed E-state index contributed by atoms with van der Waals surface area (Å²) in [5.74, 6) is 1.94. The van der Waals surface area contributed by atoms with Gasteiger partial charge in [0, 0.05) is 17.8 Å². The van der Waals surface area contributed by atoms with E-state index in [4.69, 9.17) is 9.47 Å². The predicted octanol–water partition coefficient (Wildman–Crippen LogP) is 3.51. The molecule has 0 heterocycles. The fourth-order valence-electron chi connectivity index (χ4n) is 3.27. The van der Waals surface area contributed by atoms with Crippen molar-refractivity contribution in [2.75, 3.05) is 19.5 Å². The number of carbonyl (C=O) groups is 1. The zero-order valence-corrected chi connectivity index (χ0v) is 15.4. The molecule has 3 atom stereocenters. The number of nitrogens with one attached hydrogen (secondary N) is 2. The zero-order chi connectivity index (χ0) is 17.7. The lowest BCUT2D eigenvalue weighted by Crippen LogP contribution is -2.46. The Morgan fingerprint density at radius 1 is 1.17 bits per heavy atom. The van der Waals surface area contributed by atoms with Gasteiger partial charge in [0.15, 0.2) is 11.5 Å². The number of carbonyl (C=O) groups excluding carboxylic acids is 1. The van der Waals surface area contributed by atoms with Gasteiger partial charge in [-0.25, -0.2) is 0 Å². The molecule has 2 N–H and O–H groups in total. The van der Waals surface area contributed by atoms with E-state index in [1.165, 1.54) is 19.3 Å². The first-order chi connectivity index (χ1) is 11.5. The summed E-state index contributed by atoms with van der Waals surface area (Å²) in [6, 6.07) is 3.77. The van der Waals surface area contributed by atoms with Crippen molar-refractivity contribution in [1.29, 1.82) is 0 Å². The van der Waals surface area contributed by atoms with E-state index in [1.54, 1.807) is 14.2 Å². The maximum absolute atomic E-state index is 12.5. The third kappa shape index (κ3) is 4.34. The summed E-state index contributed by atoms with van der Waals surface area (Å²) in [5.41, 5.74) is 1.89. The minimum Gasteiger partial charge on any atom is -0.493 e. The zero-order valence-electron chi connectivity index (χ0n) is 15.4. The molecule has 0 aromatic heterocycles. The van der Waals surface area contributed by atoms with E-state index in [0.717, 1.165) is 17.7 Å². The summed E-state index contributed by atoms with van der Waals surface area (Å²) in [6.07, 6.45) is 4.74. The lowest BCUT2D eigenvalue weighted by molar-refractivity contribution is -0.122. The average Bonchev–Trinajstić information content (AvgIpc) is 2.58. The summed E-state index contributed by atoms with van der Waals surface area (Å²) in [6.45, 7) is 6.10. The maximum atomic E-state index is 12.5. The molecule has 1 fully saturated rings. The van der Waals surface area contributed by atoms with Crippen LogP contribution in [-0.2, 0) is 4.79 Å². The summed E-state index contributed by atoms with van der Waals surface area (Å²) >= 11 is 0. The Bertz CT molecular complexity index is 574. The third-order valence-electron chi connectivity index (χ3n) is 4.93. The Hall–Kier alpha value is -1.91. The van der Waals surface area contributed by atoms with Crippen LogP contribution in [0.15, 0.2) is 12.1 Å². The average molecular weight is 334 g/mol. The molecule has 1 aliphatic carbocycles. The number of rotatable bonds is 6. The minimum atomic E-state index is -0.309. The first-order valence-electron chi connectivity index (χ1n) is 8.75. The molecule has 5 heteroatoms. The number of methoxy groups -OCH3 is 2. The molecular weight excluding hydrogens is 304 g/mol. The molecule has 1 aromatic rings. The fraction of sp³-hybridized carbons (Fsp3) is 0.632. The molecule has 1 amide bonds. The van der Waals surface area contributed by atoms with E-state index in [9.17, 15) is 4.79 Å². The highest BCUT2D eigenvalue weighted by molar-refractivity contribution is 5.85. The topological polar surface area (TPSA) is 59.6 Å². The maximum Gasteiger partial charge on any atom is 0.242 e. The normalized spacial score (nSPS) is 21.7. The summed E-state index contributed by atoms with van der Waals surface area (Å²) < 4.78 is 10.6. The second-order valence-electron chi connectivity index (χ2n) is 6.76.